The van der Waals surface area contributed by atoms with Crippen molar-refractivity contribution in [3.8, 4) is 0 Å². The van der Waals surface area contributed by atoms with Crippen LogP contribution >= 0.6 is 0 Å². The number of methoxy groups -OCH3 is 1. The zero-order valence-corrected chi connectivity index (χ0v) is 37.2. The van der Waals surface area contributed by atoms with Gasteiger partial charge in [0.25, 0.3) is 0 Å². The third-order valence-corrected chi connectivity index (χ3v) is 16.0. The summed E-state index contributed by atoms with van der Waals surface area (Å²) in [6, 6.07) is 8.64. The molecule has 62 heavy (non-hydrogen) atoms. The molecule has 5 aliphatic heterocycles. The lowest BCUT2D eigenvalue weighted by molar-refractivity contribution is -0.228. The van der Waals surface area contributed by atoms with Crippen molar-refractivity contribution < 1.29 is 42.9 Å². The minimum atomic E-state index is -2.21. The lowest BCUT2D eigenvalue weighted by Crippen LogP contribution is -2.81. The number of aromatic amines is 1. The molecule has 1 aromatic heterocycles. The van der Waals surface area contributed by atoms with Crippen LogP contribution in [0.5, 0.6) is 0 Å². The van der Waals surface area contributed by atoms with E-state index in [0.717, 1.165) is 90.0 Å². The molecule has 10 atom stereocenters. The van der Waals surface area contributed by atoms with Crippen LogP contribution in [-0.4, -0.2) is 120 Å². The van der Waals surface area contributed by atoms with Crippen molar-refractivity contribution >= 4 is 40.6 Å². The molecule has 1 spiro atoms. The Hall–Kier alpha value is -4.88. The summed E-state index contributed by atoms with van der Waals surface area (Å²) < 4.78 is 26.8. The number of H-pyrrole nitrogens is 1. The summed E-state index contributed by atoms with van der Waals surface area (Å²) in [6.45, 7) is 15.5. The molecule has 6 aliphatic rings. The lowest BCUT2D eigenvalue weighted by atomic mass is 9.47. The number of aliphatic hydroxyl groups is 1. The van der Waals surface area contributed by atoms with E-state index in [1.807, 2.05) is 13.1 Å². The molecule has 3 unspecified atom stereocenters. The Labute approximate surface area is 362 Å². The number of nitrogens with zero attached hydrogens (tertiary/aromatic N) is 3. The molecule has 3 fully saturated rings. The van der Waals surface area contributed by atoms with Gasteiger partial charge in [0, 0.05) is 91.6 Å². The van der Waals surface area contributed by atoms with E-state index in [2.05, 4.69) is 77.0 Å². The second-order valence-corrected chi connectivity index (χ2v) is 19.2. The molecule has 2 aromatic carbocycles. The highest BCUT2D eigenvalue weighted by Crippen LogP contribution is 2.68. The van der Waals surface area contributed by atoms with E-state index in [9.17, 15) is 19.5 Å². The van der Waals surface area contributed by atoms with Crippen LogP contribution < -0.4 is 10.2 Å². The van der Waals surface area contributed by atoms with Crippen LogP contribution in [0.4, 0.5) is 10.1 Å². The zero-order valence-electron chi connectivity index (χ0n) is 37.2. The number of hydrogen-bond donors (Lipinski definition) is 3. The van der Waals surface area contributed by atoms with Gasteiger partial charge in [0.15, 0.2) is 6.10 Å². The predicted molar refractivity (Wildman–Crippen MR) is 229 cm³/mol. The van der Waals surface area contributed by atoms with Gasteiger partial charge >= 0.3 is 18.1 Å². The van der Waals surface area contributed by atoms with Crippen molar-refractivity contribution in [3.63, 3.8) is 0 Å². The molecule has 3 N–H and O–H groups in total. The minimum absolute atomic E-state index is 0.0224. The highest BCUT2D eigenvalue weighted by molar-refractivity contribution is 5.88. The van der Waals surface area contributed by atoms with Crippen LogP contribution in [0.15, 0.2) is 42.5 Å². The summed E-state index contributed by atoms with van der Waals surface area (Å²) in [5.74, 6) is -1.45. The summed E-state index contributed by atoms with van der Waals surface area (Å²) >= 11 is 0. The fraction of sp³-hybridized carbons (Fsp3) is 0.583. The van der Waals surface area contributed by atoms with Gasteiger partial charge in [-0.3, -0.25) is 14.5 Å². The summed E-state index contributed by atoms with van der Waals surface area (Å²) in [7, 11) is 3.24. The number of amides is 1. The first-order valence-corrected chi connectivity index (χ1v) is 22.0. The highest BCUT2D eigenvalue weighted by Gasteiger charge is 2.80. The van der Waals surface area contributed by atoms with Crippen LogP contribution in [0, 0.1) is 24.1 Å². The maximum absolute atomic E-state index is 15.1. The second-order valence-electron chi connectivity index (χ2n) is 19.2. The van der Waals surface area contributed by atoms with Crippen LogP contribution in [-0.2, 0) is 50.7 Å². The fourth-order valence-electron chi connectivity index (χ4n) is 14.1. The zero-order chi connectivity index (χ0) is 44.7. The van der Waals surface area contributed by atoms with Gasteiger partial charge in [-0.1, -0.05) is 32.1 Å². The van der Waals surface area contributed by atoms with Crippen molar-refractivity contribution in [2.75, 3.05) is 51.8 Å². The average Bonchev–Trinajstić information content (AvgIpc) is 3.88. The maximum Gasteiger partial charge on any atom is 0.373 e. The molecule has 1 aliphatic carbocycles. The fourth-order valence-corrected chi connectivity index (χ4v) is 14.1. The van der Waals surface area contributed by atoms with E-state index >= 15 is 4.39 Å². The number of anilines is 1. The highest BCUT2D eigenvalue weighted by atomic mass is 19.1. The Bertz CT molecular complexity index is 2390. The normalized spacial score (nSPS) is 35.4. The molecule has 1 saturated carbocycles. The number of rotatable bonds is 6. The van der Waals surface area contributed by atoms with Crippen molar-refractivity contribution in [1.82, 2.24) is 20.1 Å². The Morgan fingerprint density at radius 3 is 2.45 bits per heavy atom. The summed E-state index contributed by atoms with van der Waals surface area (Å²) in [6.07, 6.45) is 7.59. The van der Waals surface area contributed by atoms with Gasteiger partial charge in [0.1, 0.15) is 5.82 Å². The first-order chi connectivity index (χ1) is 29.4. The number of halogens is 1. The Kier molecular flexibility index (Phi) is 10.9. The predicted octanol–water partition coefficient (Wildman–Crippen LogP) is 4.84. The molecular weight excluding hydrogens is 794 g/mol. The second kappa shape index (κ2) is 15.4. The number of likely N-dealkylation sites (N-methyl/N-ethyl adjacent to an activating group) is 1. The number of piperidine rings is 1. The molecule has 2 bridgehead atoms. The molecule has 9 rings (SSSR count). The molecule has 3 aromatic rings. The molecule has 0 radical (unpaired) electrons. The van der Waals surface area contributed by atoms with E-state index in [0.29, 0.717) is 25.8 Å². The number of ether oxygens (including phenoxy) is 2. The van der Waals surface area contributed by atoms with Crippen LogP contribution in [0.1, 0.15) is 94.7 Å². The van der Waals surface area contributed by atoms with Crippen molar-refractivity contribution in [2.24, 2.45) is 11.3 Å². The van der Waals surface area contributed by atoms with E-state index in [1.54, 1.807) is 13.0 Å². The minimum Gasteiger partial charge on any atom is -0.467 e. The number of carbonyl (C=O) groups is 3. The Balaban J connectivity index is 0.00000171. The van der Waals surface area contributed by atoms with Gasteiger partial charge in [0.2, 0.25) is 11.5 Å². The van der Waals surface area contributed by atoms with Gasteiger partial charge in [-0.25, -0.2) is 9.18 Å². The smallest absolute Gasteiger partial charge is 0.373 e. The van der Waals surface area contributed by atoms with Gasteiger partial charge in [-0.2, -0.15) is 9.59 Å². The molecule has 332 valence electrons. The quantitative estimate of drug-likeness (QED) is 0.230. The topological polar surface area (TPSA) is 162 Å². The van der Waals surface area contributed by atoms with Gasteiger partial charge in [0.05, 0.1) is 18.7 Å². The molecule has 2 saturated heterocycles. The van der Waals surface area contributed by atoms with Crippen molar-refractivity contribution in [3.05, 3.63) is 76.2 Å². The monoisotopic (exact) mass is 853 g/mol. The Morgan fingerprint density at radius 1 is 1.05 bits per heavy atom. The number of aryl methyl sites for hydroxylation is 1. The van der Waals surface area contributed by atoms with Crippen molar-refractivity contribution in [2.45, 2.75) is 120 Å². The van der Waals surface area contributed by atoms with Gasteiger partial charge in [-0.15, -0.1) is 0 Å². The third kappa shape index (κ3) is 6.14. The number of esters is 2. The number of benzene rings is 2. The van der Waals surface area contributed by atoms with Crippen LogP contribution in [0.25, 0.3) is 10.9 Å². The van der Waals surface area contributed by atoms with Crippen LogP contribution in [0.2, 0.25) is 0 Å². The molecule has 14 heteroatoms. The summed E-state index contributed by atoms with van der Waals surface area (Å²) in [5, 5.41) is 17.6. The number of hydrogen-bond acceptors (Lipinski definition) is 11. The lowest BCUT2D eigenvalue weighted by Gasteiger charge is -2.63. The maximum atomic E-state index is 15.1. The number of fused-ring (bicyclic) bond motifs is 6. The van der Waals surface area contributed by atoms with E-state index in [-0.39, 0.29) is 35.4 Å². The summed E-state index contributed by atoms with van der Waals surface area (Å²) in [4.78, 5) is 67.2. The standard InChI is InChI=1S/C47H60FN5O6.CO2/c1-9-44(50-28(4)54)24-30-23-43(6,38-32(14-18-52(25-30)26-44)33-21-31(48)12-13-36(33)49-38)34-22-35-37(20-27(34)3)51(7)40-46(35)16-19-53-17-11-15-45(10-2,39(46)53)41(59-29(5)55)47(40,57)42(56)58-8;2-1-3/h11-13,15,20-22,30,39-41,49,57H,9-10,14,16-19,23-26H2,1-8H3,(H,50,54);/t30-,39-,40?,41+,43+,44?,45+,46+,47-;/m0./s1. The van der Waals surface area contributed by atoms with Crippen LogP contribution in [0.3, 0.4) is 0 Å². The molecular formula is C48H60FN5O8. The van der Waals surface area contributed by atoms with Gasteiger partial charge in [-0.05, 0) is 111 Å². The third-order valence-electron chi connectivity index (χ3n) is 16.0. The van der Waals surface area contributed by atoms with Crippen molar-refractivity contribution in [1.29, 1.82) is 0 Å². The molecule has 13 nitrogen and oxygen atoms in total. The van der Waals surface area contributed by atoms with E-state index < -0.39 is 45.9 Å². The van der Waals surface area contributed by atoms with E-state index in [4.69, 9.17) is 19.1 Å². The summed E-state index contributed by atoms with van der Waals surface area (Å²) in [5.41, 5.74) is 2.50. The van der Waals surface area contributed by atoms with Gasteiger partial charge < -0.3 is 34.7 Å². The Morgan fingerprint density at radius 2 is 1.79 bits per heavy atom. The molecule has 1 amide bonds. The number of nitrogens with one attached hydrogen (secondary N) is 2. The number of carbonyl (C=O) groups excluding carboxylic acids is 5. The average molecular weight is 854 g/mol. The first-order valence-electron chi connectivity index (χ1n) is 22.0. The molecule has 6 heterocycles. The van der Waals surface area contributed by atoms with E-state index in [1.165, 1.54) is 20.1 Å². The SMILES string of the molecule is CCC1(NC(C)=O)C[C@H]2CN(CCc3c([nH]c4ccc(F)cc34)[C@@](C)(c3cc4c(cc3C)N(C)C3[C@]45CCN4CC=C[C@@](CC)([C@@H](OC(C)=O)[C@]3(O)C(=O)OC)[C@H]45)C2)C1.O=C=O. The largest absolute Gasteiger partial charge is 0.467 e. The first kappa shape index (κ1) is 43.8. The number of aromatic nitrogens is 1.